The highest BCUT2D eigenvalue weighted by Gasteiger charge is 2.20. The van der Waals surface area contributed by atoms with Crippen LogP contribution < -0.4 is 10.1 Å². The Hall–Kier alpha value is -2.97. The van der Waals surface area contributed by atoms with Crippen LogP contribution in [0.15, 0.2) is 24.3 Å². The van der Waals surface area contributed by atoms with Gasteiger partial charge in [-0.25, -0.2) is 14.6 Å². The number of anilines is 1. The van der Waals surface area contributed by atoms with Gasteiger partial charge in [0, 0.05) is 34.3 Å². The lowest BCUT2D eigenvalue weighted by Gasteiger charge is -2.15. The van der Waals surface area contributed by atoms with Crippen LogP contribution in [0.5, 0.6) is 5.75 Å². The Balaban J connectivity index is 1.50. The number of ether oxygens (including phenoxy) is 2. The van der Waals surface area contributed by atoms with Gasteiger partial charge < -0.3 is 14.8 Å². The van der Waals surface area contributed by atoms with Crippen molar-refractivity contribution in [1.29, 1.82) is 0 Å². The molecule has 4 rings (SSSR count). The summed E-state index contributed by atoms with van der Waals surface area (Å²) >= 11 is 6.18. The Morgan fingerprint density at radius 3 is 2.67 bits per heavy atom. The van der Waals surface area contributed by atoms with E-state index in [-0.39, 0.29) is 18.4 Å². The smallest absolute Gasteiger partial charge is 0.251 e. The maximum absolute atomic E-state index is 13.0. The van der Waals surface area contributed by atoms with Gasteiger partial charge in [-0.15, -0.1) is 0 Å². The molecular formula is C24H28ClN5O3. The van der Waals surface area contributed by atoms with Crippen LogP contribution in [0.3, 0.4) is 0 Å². The zero-order chi connectivity index (χ0) is 23.5. The number of hydrogen-bond acceptors (Lipinski definition) is 6. The lowest BCUT2D eigenvalue weighted by Crippen LogP contribution is -2.19. The average Bonchev–Trinajstić information content (AvgIpc) is 3.36. The van der Waals surface area contributed by atoms with Gasteiger partial charge in [-0.2, -0.15) is 5.10 Å². The van der Waals surface area contributed by atoms with E-state index in [0.29, 0.717) is 29.0 Å². The molecule has 33 heavy (non-hydrogen) atoms. The van der Waals surface area contributed by atoms with E-state index in [1.165, 1.54) is 0 Å². The highest BCUT2D eigenvalue weighted by atomic mass is 35.5. The third kappa shape index (κ3) is 5.51. The van der Waals surface area contributed by atoms with Crippen LogP contribution in [0, 0.1) is 27.7 Å². The van der Waals surface area contributed by atoms with Gasteiger partial charge >= 0.3 is 0 Å². The molecule has 9 heteroatoms. The fraction of sp³-hybridized carbons (Fsp3) is 0.417. The number of hydrogen-bond donors (Lipinski definition) is 1. The van der Waals surface area contributed by atoms with Crippen LogP contribution in [-0.2, 0) is 16.0 Å². The van der Waals surface area contributed by atoms with Crippen molar-refractivity contribution in [3.8, 4) is 11.7 Å². The molecule has 0 spiro atoms. The fourth-order valence-electron chi connectivity index (χ4n) is 3.97. The monoisotopic (exact) mass is 469 g/mol. The van der Waals surface area contributed by atoms with Crippen molar-refractivity contribution in [3.63, 3.8) is 0 Å². The summed E-state index contributed by atoms with van der Waals surface area (Å²) in [6.45, 7) is 8.83. The number of carbonyl (C=O) groups excluding carboxylic acids is 1. The molecule has 1 atom stereocenters. The molecule has 1 amide bonds. The van der Waals surface area contributed by atoms with Crippen molar-refractivity contribution in [1.82, 2.24) is 19.7 Å². The van der Waals surface area contributed by atoms with Crippen LogP contribution in [0.4, 0.5) is 5.69 Å². The van der Waals surface area contributed by atoms with E-state index in [1.807, 2.05) is 33.8 Å². The van der Waals surface area contributed by atoms with Crippen molar-refractivity contribution in [3.05, 3.63) is 57.6 Å². The molecule has 1 unspecified atom stereocenters. The van der Waals surface area contributed by atoms with Crippen molar-refractivity contribution in [2.45, 2.75) is 53.1 Å². The second-order valence-electron chi connectivity index (χ2n) is 8.32. The van der Waals surface area contributed by atoms with Crippen LogP contribution in [0.1, 0.15) is 41.2 Å². The summed E-state index contributed by atoms with van der Waals surface area (Å²) in [6.07, 6.45) is 2.24. The third-order valence-corrected chi connectivity index (χ3v) is 5.84. The second kappa shape index (κ2) is 9.89. The van der Waals surface area contributed by atoms with Gasteiger partial charge in [0.2, 0.25) is 5.91 Å². The molecule has 2 aromatic heterocycles. The van der Waals surface area contributed by atoms with Crippen LogP contribution >= 0.6 is 11.6 Å². The summed E-state index contributed by atoms with van der Waals surface area (Å²) in [5.74, 6) is 0.877. The van der Waals surface area contributed by atoms with Gasteiger partial charge in [-0.05, 0) is 64.8 Å². The van der Waals surface area contributed by atoms with Crippen molar-refractivity contribution in [2.24, 2.45) is 0 Å². The van der Waals surface area contributed by atoms with Crippen LogP contribution in [0.2, 0.25) is 5.02 Å². The minimum Gasteiger partial charge on any atom is -0.489 e. The molecule has 0 bridgehead atoms. The third-order valence-electron chi connectivity index (χ3n) is 5.60. The number of nitrogens with one attached hydrogen (secondary N) is 1. The van der Waals surface area contributed by atoms with Gasteiger partial charge in [0.25, 0.3) is 5.95 Å². The molecule has 1 aromatic carbocycles. The molecular weight excluding hydrogens is 442 g/mol. The number of benzene rings is 1. The Kier molecular flexibility index (Phi) is 6.95. The molecule has 1 aliphatic heterocycles. The van der Waals surface area contributed by atoms with E-state index in [9.17, 15) is 4.79 Å². The summed E-state index contributed by atoms with van der Waals surface area (Å²) in [5.41, 5.74) is 4.67. The number of carbonyl (C=O) groups is 1. The van der Waals surface area contributed by atoms with Crippen molar-refractivity contribution in [2.75, 3.05) is 18.5 Å². The predicted octanol–water partition coefficient (Wildman–Crippen LogP) is 4.29. The Labute approximate surface area is 198 Å². The number of rotatable bonds is 7. The number of aromatic nitrogens is 4. The first-order valence-corrected chi connectivity index (χ1v) is 11.4. The SMILES string of the molecule is Cc1cc(C)nc(-n2nc(C)c(CC(=O)Nc3cc(Cl)ccc3OCC3CCCO3)c2C)n1. The maximum Gasteiger partial charge on any atom is 0.251 e. The first-order valence-electron chi connectivity index (χ1n) is 11.0. The van der Waals surface area contributed by atoms with Crippen LogP contribution in [0.25, 0.3) is 5.95 Å². The van der Waals surface area contributed by atoms with E-state index in [4.69, 9.17) is 21.1 Å². The average molecular weight is 470 g/mol. The van der Waals surface area contributed by atoms with E-state index in [1.54, 1.807) is 22.9 Å². The zero-order valence-corrected chi connectivity index (χ0v) is 20.1. The summed E-state index contributed by atoms with van der Waals surface area (Å²) in [6, 6.07) is 7.10. The minimum absolute atomic E-state index is 0.0767. The number of halogens is 1. The Bertz CT molecular complexity index is 1150. The lowest BCUT2D eigenvalue weighted by molar-refractivity contribution is -0.115. The molecule has 3 heterocycles. The van der Waals surface area contributed by atoms with Gasteiger partial charge in [0.1, 0.15) is 12.4 Å². The molecule has 0 saturated carbocycles. The lowest BCUT2D eigenvalue weighted by atomic mass is 10.1. The quantitative estimate of drug-likeness (QED) is 0.555. The first kappa shape index (κ1) is 23.2. The van der Waals surface area contributed by atoms with Crippen molar-refractivity contribution >= 4 is 23.2 Å². The predicted molar refractivity (Wildman–Crippen MR) is 126 cm³/mol. The summed E-state index contributed by atoms with van der Waals surface area (Å²) in [5, 5.41) is 8.04. The molecule has 1 N–H and O–H groups in total. The van der Waals surface area contributed by atoms with Gasteiger partial charge in [0.15, 0.2) is 0 Å². The normalized spacial score (nSPS) is 15.6. The zero-order valence-electron chi connectivity index (χ0n) is 19.3. The van der Waals surface area contributed by atoms with Crippen LogP contribution in [-0.4, -0.2) is 45.0 Å². The van der Waals surface area contributed by atoms with Gasteiger partial charge in [-0.3, -0.25) is 4.79 Å². The number of nitrogens with zero attached hydrogens (tertiary/aromatic N) is 4. The molecule has 1 saturated heterocycles. The fourth-order valence-corrected chi connectivity index (χ4v) is 4.14. The number of aryl methyl sites for hydroxylation is 3. The van der Waals surface area contributed by atoms with Gasteiger partial charge in [-0.1, -0.05) is 11.6 Å². The standard InChI is InChI=1S/C24H28ClN5O3/c1-14-10-15(2)27-24(26-14)30-17(4)20(16(3)29-30)12-23(31)28-21-11-18(25)7-8-22(21)33-13-19-6-5-9-32-19/h7-8,10-11,19H,5-6,9,12-13H2,1-4H3,(H,28,31). The largest absolute Gasteiger partial charge is 0.489 e. The summed E-state index contributed by atoms with van der Waals surface area (Å²) in [4.78, 5) is 21.9. The summed E-state index contributed by atoms with van der Waals surface area (Å²) in [7, 11) is 0. The molecule has 1 aliphatic rings. The first-order chi connectivity index (χ1) is 15.8. The minimum atomic E-state index is -0.189. The van der Waals surface area contributed by atoms with E-state index in [2.05, 4.69) is 20.4 Å². The molecule has 0 radical (unpaired) electrons. The second-order valence-corrected chi connectivity index (χ2v) is 8.76. The molecule has 1 fully saturated rings. The number of amides is 1. The van der Waals surface area contributed by atoms with E-state index < -0.39 is 0 Å². The van der Waals surface area contributed by atoms with E-state index in [0.717, 1.165) is 47.8 Å². The Morgan fingerprint density at radius 2 is 1.97 bits per heavy atom. The summed E-state index contributed by atoms with van der Waals surface area (Å²) < 4.78 is 13.2. The molecule has 0 aliphatic carbocycles. The molecule has 8 nitrogen and oxygen atoms in total. The molecule has 174 valence electrons. The Morgan fingerprint density at radius 1 is 1.21 bits per heavy atom. The van der Waals surface area contributed by atoms with Crippen molar-refractivity contribution < 1.29 is 14.3 Å². The molecule has 3 aromatic rings. The highest BCUT2D eigenvalue weighted by molar-refractivity contribution is 6.31. The van der Waals surface area contributed by atoms with Gasteiger partial charge in [0.05, 0.1) is 23.9 Å². The topological polar surface area (TPSA) is 91.2 Å². The highest BCUT2D eigenvalue weighted by Crippen LogP contribution is 2.29. The van der Waals surface area contributed by atoms with E-state index >= 15 is 0 Å². The maximum atomic E-state index is 13.0.